The molecule has 0 aliphatic heterocycles. The molecule has 0 spiro atoms. The third kappa shape index (κ3) is 3.65. The Balaban J connectivity index is 0.00000200. The summed E-state index contributed by atoms with van der Waals surface area (Å²) in [5.41, 5.74) is 4.36. The van der Waals surface area contributed by atoms with Crippen molar-refractivity contribution in [3.8, 4) is 10.6 Å². The van der Waals surface area contributed by atoms with Crippen molar-refractivity contribution in [2.75, 3.05) is 0 Å². The van der Waals surface area contributed by atoms with Gasteiger partial charge in [-0.15, -0.1) is 5.10 Å². The molecule has 20 heavy (non-hydrogen) atoms. The van der Waals surface area contributed by atoms with E-state index in [2.05, 4.69) is 10.2 Å². The topological polar surface area (TPSA) is 92.3 Å². The monoisotopic (exact) mass is 323 g/mol. The minimum absolute atomic E-state index is 0. The van der Waals surface area contributed by atoms with Crippen molar-refractivity contribution in [1.82, 2.24) is 10.2 Å². The molecular weight excluding hydrogens is 315 g/mol. The summed E-state index contributed by atoms with van der Waals surface area (Å²) in [4.78, 5) is 0. The quantitative estimate of drug-likeness (QED) is 0.455. The Morgan fingerprint density at radius 1 is 1.25 bits per heavy atom. The van der Waals surface area contributed by atoms with E-state index in [-0.39, 0.29) is 28.9 Å². The highest BCUT2D eigenvalue weighted by atomic mass is 35.5. The zero-order valence-corrected chi connectivity index (χ0v) is 11.4. The van der Waals surface area contributed by atoms with Crippen LogP contribution in [0.5, 0.6) is 0 Å². The maximum atomic E-state index is 12.8. The molecule has 1 aromatic heterocycles. The van der Waals surface area contributed by atoms with E-state index in [1.807, 2.05) is 0 Å². The predicted molar refractivity (Wildman–Crippen MR) is 63.8 cm³/mol. The minimum Gasteiger partial charge on any atom is -1.00 e. The van der Waals surface area contributed by atoms with E-state index in [9.17, 15) is 13.2 Å². The van der Waals surface area contributed by atoms with Crippen LogP contribution in [-0.4, -0.2) is 16.2 Å². The van der Waals surface area contributed by atoms with Crippen LogP contribution in [0, 0.1) is 5.41 Å². The van der Waals surface area contributed by atoms with E-state index >= 15 is 0 Å². The van der Waals surface area contributed by atoms with Gasteiger partial charge in [0, 0.05) is 5.56 Å². The Morgan fingerprint density at radius 2 is 1.90 bits per heavy atom. The minimum atomic E-state index is -4.45. The van der Waals surface area contributed by atoms with Crippen LogP contribution in [0.2, 0.25) is 0 Å². The zero-order chi connectivity index (χ0) is 14.0. The van der Waals surface area contributed by atoms with Crippen LogP contribution in [-0.2, 0) is 6.18 Å². The third-order valence-electron chi connectivity index (χ3n) is 2.18. The van der Waals surface area contributed by atoms with Crippen molar-refractivity contribution in [2.45, 2.75) is 6.18 Å². The fourth-order valence-corrected chi connectivity index (χ4v) is 2.29. The summed E-state index contributed by atoms with van der Waals surface area (Å²) in [7, 11) is 0. The van der Waals surface area contributed by atoms with Gasteiger partial charge in [0.1, 0.15) is 0 Å². The lowest BCUT2D eigenvalue weighted by Gasteiger charge is -2.09. The number of nitrogens with zero attached hydrogens (tertiary/aromatic N) is 2. The Hall–Kier alpha value is -1.71. The second kappa shape index (κ2) is 6.16. The van der Waals surface area contributed by atoms with Crippen molar-refractivity contribution in [2.24, 2.45) is 5.73 Å². The summed E-state index contributed by atoms with van der Waals surface area (Å²) < 4.78 is 38.5. The number of aromatic nitrogens is 2. The molecule has 5 N–H and O–H groups in total. The van der Waals surface area contributed by atoms with Gasteiger partial charge in [-0.1, -0.05) is 23.3 Å². The highest BCUT2D eigenvalue weighted by Gasteiger charge is 2.34. The van der Waals surface area contributed by atoms with Crippen molar-refractivity contribution < 1.29 is 30.9 Å². The number of guanidine groups is 1. The van der Waals surface area contributed by atoms with Crippen LogP contribution in [0.15, 0.2) is 24.3 Å². The van der Waals surface area contributed by atoms with Gasteiger partial charge in [-0.05, 0) is 17.4 Å². The first-order chi connectivity index (χ1) is 8.88. The van der Waals surface area contributed by atoms with E-state index in [0.717, 1.165) is 17.4 Å². The van der Waals surface area contributed by atoms with E-state index < -0.39 is 11.7 Å². The van der Waals surface area contributed by atoms with Gasteiger partial charge in [0.2, 0.25) is 0 Å². The summed E-state index contributed by atoms with van der Waals surface area (Å²) in [5, 5.41) is 16.1. The van der Waals surface area contributed by atoms with Gasteiger partial charge in [0.15, 0.2) is 5.01 Å². The van der Waals surface area contributed by atoms with Crippen LogP contribution >= 0.6 is 11.3 Å². The van der Waals surface area contributed by atoms with Gasteiger partial charge in [-0.3, -0.25) is 0 Å². The maximum Gasteiger partial charge on any atom is 0.417 e. The molecule has 1 heterocycles. The van der Waals surface area contributed by atoms with Gasteiger partial charge in [0.25, 0.3) is 5.96 Å². The Labute approximate surface area is 121 Å². The third-order valence-corrected chi connectivity index (χ3v) is 3.09. The highest BCUT2D eigenvalue weighted by Crippen LogP contribution is 2.37. The van der Waals surface area contributed by atoms with Crippen LogP contribution in [0.3, 0.4) is 0 Å². The molecule has 0 saturated heterocycles. The van der Waals surface area contributed by atoms with Crippen molar-refractivity contribution >= 4 is 22.4 Å². The molecule has 2 rings (SSSR count). The van der Waals surface area contributed by atoms with E-state index in [1.165, 1.54) is 23.5 Å². The summed E-state index contributed by atoms with van der Waals surface area (Å²) in [5.74, 6) is -0.230. The van der Waals surface area contributed by atoms with E-state index in [1.54, 1.807) is 0 Å². The Bertz CT molecular complexity index is 613. The molecule has 0 aliphatic rings. The van der Waals surface area contributed by atoms with Crippen molar-refractivity contribution in [3.63, 3.8) is 0 Å². The lowest BCUT2D eigenvalue weighted by molar-refractivity contribution is -0.447. The first kappa shape index (κ1) is 16.3. The summed E-state index contributed by atoms with van der Waals surface area (Å²) in [6.45, 7) is 0. The molecule has 0 unspecified atom stereocenters. The molecule has 0 bridgehead atoms. The van der Waals surface area contributed by atoms with Crippen LogP contribution in [0.25, 0.3) is 10.6 Å². The molecule has 0 saturated carbocycles. The Kier molecular flexibility index (Phi) is 5.03. The lowest BCUT2D eigenvalue weighted by atomic mass is 10.1. The molecule has 0 atom stereocenters. The van der Waals surface area contributed by atoms with Crippen molar-refractivity contribution in [1.29, 1.82) is 5.41 Å². The molecule has 0 amide bonds. The molecule has 108 valence electrons. The number of alkyl halides is 3. The smallest absolute Gasteiger partial charge is 0.417 e. The second-order valence-electron chi connectivity index (χ2n) is 3.59. The number of hydrogen-bond acceptors (Lipinski definition) is 4. The molecule has 10 heteroatoms. The Morgan fingerprint density at radius 3 is 2.50 bits per heavy atom. The molecule has 0 aliphatic carbocycles. The maximum absolute atomic E-state index is 12.8. The number of benzene rings is 1. The number of nitrogens with two attached hydrogens (primary N) is 2. The van der Waals surface area contributed by atoms with Crippen LogP contribution < -0.4 is 23.5 Å². The lowest BCUT2D eigenvalue weighted by Crippen LogP contribution is -3.00. The average molecular weight is 324 g/mol. The van der Waals surface area contributed by atoms with Crippen LogP contribution in [0.4, 0.5) is 18.3 Å². The molecule has 5 nitrogen and oxygen atoms in total. The summed E-state index contributed by atoms with van der Waals surface area (Å²) in [6.07, 6.45) is -4.45. The average Bonchev–Trinajstić information content (AvgIpc) is 2.75. The van der Waals surface area contributed by atoms with Crippen molar-refractivity contribution in [3.05, 3.63) is 29.8 Å². The first-order valence-electron chi connectivity index (χ1n) is 5.07. The number of hydrogen-bond donors (Lipinski definition) is 3. The molecule has 2 aromatic rings. The first-order valence-corrected chi connectivity index (χ1v) is 5.88. The fourth-order valence-electron chi connectivity index (χ4n) is 1.45. The van der Waals surface area contributed by atoms with Gasteiger partial charge in [0.05, 0.1) is 5.56 Å². The SMILES string of the molecule is N=C(N)[NH2+]c1nnc(-c2ccccc2C(F)(F)F)s1.[Cl-]. The van der Waals surface area contributed by atoms with Crippen LogP contribution in [0.1, 0.15) is 5.56 Å². The number of halogens is 4. The standard InChI is InChI=1S/C10H8F3N5S.ClH/c11-10(12,13)6-4-2-1-3-5(6)7-17-18-9(19-7)16-8(14)15;/h1-4H,(H4,14,15,16,18);1H. The number of rotatable bonds is 2. The molecule has 0 fully saturated rings. The molecular formula is C10H9ClF3N5S. The molecule has 0 radical (unpaired) electrons. The largest absolute Gasteiger partial charge is 1.00 e. The second-order valence-corrected chi connectivity index (χ2v) is 4.60. The normalized spacial score (nSPS) is 10.9. The van der Waals surface area contributed by atoms with Gasteiger partial charge < -0.3 is 18.1 Å². The van der Waals surface area contributed by atoms with Gasteiger partial charge in [-0.25, -0.2) is 10.7 Å². The van der Waals surface area contributed by atoms with Gasteiger partial charge in [-0.2, -0.15) is 13.2 Å². The van der Waals surface area contributed by atoms with Gasteiger partial charge >= 0.3 is 11.3 Å². The zero-order valence-electron chi connectivity index (χ0n) is 9.78. The summed E-state index contributed by atoms with van der Waals surface area (Å²) in [6, 6.07) is 5.14. The summed E-state index contributed by atoms with van der Waals surface area (Å²) >= 11 is 0.946. The number of quaternary nitrogens is 1. The molecule has 1 aromatic carbocycles. The van der Waals surface area contributed by atoms with E-state index in [0.29, 0.717) is 5.13 Å². The predicted octanol–water partition coefficient (Wildman–Crippen LogP) is -1.68. The fraction of sp³-hybridized carbons (Fsp3) is 0.100. The highest BCUT2D eigenvalue weighted by molar-refractivity contribution is 7.17. The van der Waals surface area contributed by atoms with E-state index in [4.69, 9.17) is 11.1 Å². The number of nitrogens with one attached hydrogen (secondary N) is 1.